The molecule has 0 N–H and O–H groups in total. The molecule has 1 heterocycles. The van der Waals surface area contributed by atoms with Crippen LogP contribution in [0, 0.1) is 0 Å². The largest absolute Gasteiger partial charge is 0.480 e. The van der Waals surface area contributed by atoms with Gasteiger partial charge in [0.25, 0.3) is 0 Å². The molecule has 3 aromatic rings. The van der Waals surface area contributed by atoms with Crippen LogP contribution in [0.4, 0.5) is 0 Å². The molecular formula is C26H24O2. The van der Waals surface area contributed by atoms with Crippen LogP contribution in [0.15, 0.2) is 84.4 Å². The molecule has 2 heteroatoms. The number of Topliss-reactive ketones (excluding diaryl/α,β-unsaturated/α-hetero) is 1. The van der Waals surface area contributed by atoms with E-state index >= 15 is 0 Å². The second-order valence-electron chi connectivity index (χ2n) is 8.21. The Labute approximate surface area is 166 Å². The summed E-state index contributed by atoms with van der Waals surface area (Å²) in [6.45, 7) is 6.59. The number of ketones is 1. The maximum Gasteiger partial charge on any atom is 0.196 e. The predicted octanol–water partition coefficient (Wildman–Crippen LogP) is 6.38. The lowest BCUT2D eigenvalue weighted by Gasteiger charge is -2.28. The summed E-state index contributed by atoms with van der Waals surface area (Å²) in [6, 6.07) is 25.8. The summed E-state index contributed by atoms with van der Waals surface area (Å²) in [6.07, 6.45) is 1.55. The third-order valence-electron chi connectivity index (χ3n) is 5.12. The van der Waals surface area contributed by atoms with Crippen LogP contribution in [0.2, 0.25) is 0 Å². The van der Waals surface area contributed by atoms with Crippen LogP contribution in [0.5, 0.6) is 5.75 Å². The molecule has 0 bridgehead atoms. The Morgan fingerprint density at radius 1 is 0.821 bits per heavy atom. The number of carbonyl (C=O) groups is 1. The molecule has 0 spiro atoms. The Bertz CT molecular complexity index is 1020. The van der Waals surface area contributed by atoms with E-state index in [0.717, 1.165) is 11.1 Å². The van der Waals surface area contributed by atoms with Crippen molar-refractivity contribution in [1.82, 2.24) is 0 Å². The SMILES string of the molecule is CC(C)(C)c1ccc(/C=C2/C(=O)c3ccccc3OC2c2ccccc2)cc1. The molecule has 0 fully saturated rings. The van der Waals surface area contributed by atoms with Gasteiger partial charge in [-0.15, -0.1) is 0 Å². The Hall–Kier alpha value is -3.13. The van der Waals surface area contributed by atoms with Crippen molar-refractivity contribution >= 4 is 11.9 Å². The fourth-order valence-corrected chi connectivity index (χ4v) is 3.50. The lowest BCUT2D eigenvalue weighted by atomic mass is 9.86. The number of fused-ring (bicyclic) bond motifs is 1. The molecule has 2 nitrogen and oxygen atoms in total. The molecule has 3 aromatic carbocycles. The average molecular weight is 368 g/mol. The minimum Gasteiger partial charge on any atom is -0.480 e. The molecule has 1 aliphatic rings. The molecule has 0 saturated heterocycles. The molecule has 0 saturated carbocycles. The van der Waals surface area contributed by atoms with Crippen molar-refractivity contribution in [2.24, 2.45) is 0 Å². The van der Waals surface area contributed by atoms with E-state index in [4.69, 9.17) is 4.74 Å². The monoisotopic (exact) mass is 368 g/mol. The number of hydrogen-bond donors (Lipinski definition) is 0. The standard InChI is InChI=1S/C26H24O2/c1-26(2,3)20-15-13-18(14-16-20)17-22-24(27)21-11-7-8-12-23(21)28-25(22)19-9-5-4-6-10-19/h4-17,25H,1-3H3/b22-17-. The quantitative estimate of drug-likeness (QED) is 0.490. The van der Waals surface area contributed by atoms with Gasteiger partial charge in [-0.3, -0.25) is 4.79 Å². The number of para-hydroxylation sites is 1. The van der Waals surface area contributed by atoms with Crippen LogP contribution >= 0.6 is 0 Å². The zero-order valence-electron chi connectivity index (χ0n) is 16.5. The lowest BCUT2D eigenvalue weighted by molar-refractivity contribution is 0.0963. The Balaban J connectivity index is 1.79. The minimum atomic E-state index is -0.411. The van der Waals surface area contributed by atoms with Gasteiger partial charge in [-0.1, -0.05) is 87.5 Å². The van der Waals surface area contributed by atoms with Crippen molar-refractivity contribution < 1.29 is 9.53 Å². The number of hydrogen-bond acceptors (Lipinski definition) is 2. The number of ether oxygens (including phenoxy) is 1. The summed E-state index contributed by atoms with van der Waals surface area (Å²) in [5.41, 5.74) is 4.62. The van der Waals surface area contributed by atoms with E-state index in [9.17, 15) is 4.79 Å². The third-order valence-corrected chi connectivity index (χ3v) is 5.12. The maximum absolute atomic E-state index is 13.3. The van der Waals surface area contributed by atoms with Gasteiger partial charge < -0.3 is 4.74 Å². The second kappa shape index (κ2) is 7.12. The first-order valence-corrected chi connectivity index (χ1v) is 9.61. The molecule has 0 aliphatic carbocycles. The smallest absolute Gasteiger partial charge is 0.196 e. The van der Waals surface area contributed by atoms with Crippen LogP contribution in [-0.4, -0.2) is 5.78 Å². The highest BCUT2D eigenvalue weighted by molar-refractivity contribution is 6.14. The fraction of sp³-hybridized carbons (Fsp3) is 0.192. The number of benzene rings is 3. The summed E-state index contributed by atoms with van der Waals surface area (Å²) >= 11 is 0. The highest BCUT2D eigenvalue weighted by Gasteiger charge is 2.32. The van der Waals surface area contributed by atoms with Gasteiger partial charge in [-0.25, -0.2) is 0 Å². The van der Waals surface area contributed by atoms with E-state index < -0.39 is 6.10 Å². The van der Waals surface area contributed by atoms with E-state index in [2.05, 4.69) is 45.0 Å². The van der Waals surface area contributed by atoms with Crippen molar-refractivity contribution in [1.29, 1.82) is 0 Å². The topological polar surface area (TPSA) is 26.3 Å². The lowest BCUT2D eigenvalue weighted by Crippen LogP contribution is -2.23. The minimum absolute atomic E-state index is 0.0237. The van der Waals surface area contributed by atoms with E-state index in [1.54, 1.807) is 0 Å². The molecular weight excluding hydrogens is 344 g/mol. The van der Waals surface area contributed by atoms with Gasteiger partial charge in [0.15, 0.2) is 11.9 Å². The Morgan fingerprint density at radius 2 is 1.46 bits per heavy atom. The van der Waals surface area contributed by atoms with Crippen LogP contribution in [0.3, 0.4) is 0 Å². The molecule has 28 heavy (non-hydrogen) atoms. The zero-order valence-corrected chi connectivity index (χ0v) is 16.5. The first-order chi connectivity index (χ1) is 13.4. The molecule has 0 amide bonds. The van der Waals surface area contributed by atoms with Gasteiger partial charge in [-0.05, 0) is 40.3 Å². The molecule has 4 rings (SSSR count). The van der Waals surface area contributed by atoms with Crippen LogP contribution in [0.1, 0.15) is 53.9 Å². The maximum atomic E-state index is 13.3. The third kappa shape index (κ3) is 3.50. The fourth-order valence-electron chi connectivity index (χ4n) is 3.50. The van der Waals surface area contributed by atoms with E-state index in [1.165, 1.54) is 5.56 Å². The molecule has 140 valence electrons. The summed E-state index contributed by atoms with van der Waals surface area (Å²) in [7, 11) is 0. The highest BCUT2D eigenvalue weighted by Crippen LogP contribution is 2.39. The van der Waals surface area contributed by atoms with Gasteiger partial charge in [0.2, 0.25) is 0 Å². The van der Waals surface area contributed by atoms with Crippen molar-refractivity contribution in [3.05, 3.63) is 107 Å². The van der Waals surface area contributed by atoms with Crippen molar-refractivity contribution in [3.63, 3.8) is 0 Å². The van der Waals surface area contributed by atoms with Gasteiger partial charge in [0.1, 0.15) is 5.75 Å². The van der Waals surface area contributed by atoms with Gasteiger partial charge in [0, 0.05) is 5.57 Å². The van der Waals surface area contributed by atoms with Crippen molar-refractivity contribution in [2.45, 2.75) is 32.3 Å². The molecule has 1 atom stereocenters. The number of rotatable bonds is 2. The predicted molar refractivity (Wildman–Crippen MR) is 114 cm³/mol. The van der Waals surface area contributed by atoms with E-state index in [0.29, 0.717) is 16.9 Å². The summed E-state index contributed by atoms with van der Waals surface area (Å²) in [5, 5.41) is 0. The molecule has 1 unspecified atom stereocenters. The molecule has 0 aromatic heterocycles. The van der Waals surface area contributed by atoms with Crippen molar-refractivity contribution in [3.8, 4) is 5.75 Å². The van der Waals surface area contributed by atoms with Gasteiger partial charge in [0.05, 0.1) is 5.56 Å². The van der Waals surface area contributed by atoms with E-state index in [1.807, 2.05) is 60.7 Å². The van der Waals surface area contributed by atoms with E-state index in [-0.39, 0.29) is 11.2 Å². The van der Waals surface area contributed by atoms with Crippen molar-refractivity contribution in [2.75, 3.05) is 0 Å². The highest BCUT2D eigenvalue weighted by atomic mass is 16.5. The number of carbonyl (C=O) groups excluding carboxylic acids is 1. The first kappa shape index (κ1) is 18.2. The van der Waals surface area contributed by atoms with Gasteiger partial charge >= 0.3 is 0 Å². The second-order valence-corrected chi connectivity index (χ2v) is 8.21. The molecule has 1 aliphatic heterocycles. The Kier molecular flexibility index (Phi) is 4.64. The zero-order chi connectivity index (χ0) is 19.7. The molecule has 0 radical (unpaired) electrons. The average Bonchev–Trinajstić information content (AvgIpc) is 2.70. The first-order valence-electron chi connectivity index (χ1n) is 9.61. The summed E-state index contributed by atoms with van der Waals surface area (Å²) < 4.78 is 6.26. The Morgan fingerprint density at radius 3 is 2.14 bits per heavy atom. The van der Waals surface area contributed by atoms with Crippen LogP contribution in [0.25, 0.3) is 6.08 Å². The van der Waals surface area contributed by atoms with Gasteiger partial charge in [-0.2, -0.15) is 0 Å². The van der Waals surface area contributed by atoms with Crippen LogP contribution < -0.4 is 4.74 Å². The summed E-state index contributed by atoms with van der Waals surface area (Å²) in [5.74, 6) is 0.664. The summed E-state index contributed by atoms with van der Waals surface area (Å²) in [4.78, 5) is 13.3. The van der Waals surface area contributed by atoms with Crippen LogP contribution in [-0.2, 0) is 5.41 Å². The normalized spacial score (nSPS) is 17.9.